The first-order chi connectivity index (χ1) is 12.9. The summed E-state index contributed by atoms with van der Waals surface area (Å²) in [6.07, 6.45) is 0. The number of nitrogens with one attached hydrogen (secondary N) is 1. The van der Waals surface area contributed by atoms with Crippen LogP contribution in [0.3, 0.4) is 0 Å². The van der Waals surface area contributed by atoms with E-state index in [0.29, 0.717) is 32.5 Å². The van der Waals surface area contributed by atoms with Gasteiger partial charge in [-0.25, -0.2) is 4.79 Å². The summed E-state index contributed by atoms with van der Waals surface area (Å²) in [5.41, 5.74) is 1.11. The largest absolute Gasteiger partial charge is 0.495 e. The van der Waals surface area contributed by atoms with E-state index in [0.717, 1.165) is 5.56 Å². The average molecular weight is 408 g/mol. The van der Waals surface area contributed by atoms with Gasteiger partial charge >= 0.3 is 5.63 Å². The van der Waals surface area contributed by atoms with E-state index in [9.17, 15) is 9.59 Å². The minimum Gasteiger partial charge on any atom is -0.495 e. The minimum atomic E-state index is -0.470. The van der Waals surface area contributed by atoms with Crippen LogP contribution in [0.25, 0.3) is 11.0 Å². The zero-order valence-electron chi connectivity index (χ0n) is 14.5. The van der Waals surface area contributed by atoms with E-state index < -0.39 is 11.5 Å². The number of rotatable bonds is 5. The highest BCUT2D eigenvalue weighted by Gasteiger charge is 2.12. The predicted octanol–water partition coefficient (Wildman–Crippen LogP) is 4.43. The molecule has 1 N–H and O–H groups in total. The summed E-state index contributed by atoms with van der Waals surface area (Å²) in [5, 5.41) is 4.04. The van der Waals surface area contributed by atoms with Crippen molar-refractivity contribution in [1.29, 1.82) is 0 Å². The number of fused-ring (bicyclic) bond motifs is 1. The fraction of sp³-hybridized carbons (Fsp3) is 0.158. The Kier molecular flexibility index (Phi) is 5.58. The Hall–Kier alpha value is -2.70. The maximum absolute atomic E-state index is 12.1. The van der Waals surface area contributed by atoms with Crippen LogP contribution in [0.5, 0.6) is 11.5 Å². The topological polar surface area (TPSA) is 77.8 Å². The number of aryl methyl sites for hydroxylation is 1. The molecule has 0 saturated heterocycles. The Morgan fingerprint density at radius 1 is 1.11 bits per heavy atom. The molecule has 0 unspecified atom stereocenters. The molecule has 1 heterocycles. The molecule has 1 aromatic heterocycles. The Bertz CT molecular complexity index is 1080. The number of benzene rings is 2. The first kappa shape index (κ1) is 19.1. The Morgan fingerprint density at radius 3 is 2.56 bits per heavy atom. The Morgan fingerprint density at radius 2 is 1.85 bits per heavy atom. The lowest BCUT2D eigenvalue weighted by atomic mass is 10.1. The van der Waals surface area contributed by atoms with Crippen LogP contribution in [-0.4, -0.2) is 19.6 Å². The fourth-order valence-electron chi connectivity index (χ4n) is 2.51. The molecule has 0 bridgehead atoms. The fourth-order valence-corrected chi connectivity index (χ4v) is 2.99. The molecule has 1 amide bonds. The van der Waals surface area contributed by atoms with Gasteiger partial charge in [-0.1, -0.05) is 23.2 Å². The number of anilines is 1. The highest BCUT2D eigenvalue weighted by Crippen LogP contribution is 2.31. The van der Waals surface area contributed by atoms with Gasteiger partial charge in [0.1, 0.15) is 17.1 Å². The van der Waals surface area contributed by atoms with Gasteiger partial charge < -0.3 is 19.2 Å². The summed E-state index contributed by atoms with van der Waals surface area (Å²) in [6, 6.07) is 9.37. The van der Waals surface area contributed by atoms with Crippen molar-refractivity contribution in [2.24, 2.45) is 0 Å². The summed E-state index contributed by atoms with van der Waals surface area (Å²) < 4.78 is 15.7. The van der Waals surface area contributed by atoms with Gasteiger partial charge in [0.15, 0.2) is 6.61 Å². The van der Waals surface area contributed by atoms with Gasteiger partial charge in [0, 0.05) is 23.2 Å². The molecule has 27 heavy (non-hydrogen) atoms. The van der Waals surface area contributed by atoms with Crippen molar-refractivity contribution in [2.75, 3.05) is 19.0 Å². The summed E-state index contributed by atoms with van der Waals surface area (Å²) in [6.45, 7) is 1.49. The molecular formula is C19H15Cl2NO5. The SMILES string of the molecule is COc1ccc(NC(=O)COc2cc3oc(=O)cc(C)c3cc2Cl)cc1Cl. The van der Waals surface area contributed by atoms with E-state index >= 15 is 0 Å². The third kappa shape index (κ3) is 4.35. The van der Waals surface area contributed by atoms with Crippen molar-refractivity contribution < 1.29 is 18.7 Å². The third-order valence-corrected chi connectivity index (χ3v) is 4.39. The molecule has 0 aliphatic heterocycles. The van der Waals surface area contributed by atoms with Crippen LogP contribution < -0.4 is 20.4 Å². The summed E-state index contributed by atoms with van der Waals surface area (Å²) in [7, 11) is 1.50. The Labute approximate surface area is 164 Å². The van der Waals surface area contributed by atoms with Crippen LogP contribution >= 0.6 is 23.2 Å². The molecule has 3 aromatic rings. The van der Waals surface area contributed by atoms with E-state index in [2.05, 4.69) is 5.32 Å². The van der Waals surface area contributed by atoms with Crippen LogP contribution in [-0.2, 0) is 4.79 Å². The van der Waals surface area contributed by atoms with Crippen LogP contribution in [0.4, 0.5) is 5.69 Å². The van der Waals surface area contributed by atoms with Crippen molar-refractivity contribution in [2.45, 2.75) is 6.92 Å². The van der Waals surface area contributed by atoms with Crippen LogP contribution in [0.15, 0.2) is 45.6 Å². The number of halogens is 2. The van der Waals surface area contributed by atoms with Gasteiger partial charge in [-0.15, -0.1) is 0 Å². The first-order valence-electron chi connectivity index (χ1n) is 7.87. The normalized spacial score (nSPS) is 10.7. The molecule has 8 heteroatoms. The lowest BCUT2D eigenvalue weighted by Gasteiger charge is -2.11. The molecule has 0 atom stereocenters. The molecule has 2 aromatic carbocycles. The quantitative estimate of drug-likeness (QED) is 0.632. The zero-order chi connectivity index (χ0) is 19.6. The smallest absolute Gasteiger partial charge is 0.336 e. The molecule has 0 spiro atoms. The van der Waals surface area contributed by atoms with Crippen molar-refractivity contribution in [3.05, 3.63) is 62.4 Å². The summed E-state index contributed by atoms with van der Waals surface area (Å²) >= 11 is 12.2. The van der Waals surface area contributed by atoms with E-state index in [1.165, 1.54) is 19.2 Å². The van der Waals surface area contributed by atoms with Crippen molar-refractivity contribution in [3.63, 3.8) is 0 Å². The molecule has 0 radical (unpaired) electrons. The number of amides is 1. The number of hydrogen-bond acceptors (Lipinski definition) is 5. The van der Waals surface area contributed by atoms with Crippen molar-refractivity contribution in [1.82, 2.24) is 0 Å². The second-order valence-electron chi connectivity index (χ2n) is 5.71. The van der Waals surface area contributed by atoms with Crippen LogP contribution in [0.2, 0.25) is 10.0 Å². The number of methoxy groups -OCH3 is 1. The van der Waals surface area contributed by atoms with Gasteiger partial charge in [-0.2, -0.15) is 0 Å². The third-order valence-electron chi connectivity index (χ3n) is 3.80. The first-order valence-corrected chi connectivity index (χ1v) is 8.63. The highest BCUT2D eigenvalue weighted by atomic mass is 35.5. The van der Waals surface area contributed by atoms with Gasteiger partial charge in [-0.05, 0) is 36.8 Å². The summed E-state index contributed by atoms with van der Waals surface area (Å²) in [4.78, 5) is 23.6. The number of hydrogen-bond donors (Lipinski definition) is 1. The molecule has 140 valence electrons. The molecule has 6 nitrogen and oxygen atoms in total. The van der Waals surface area contributed by atoms with Gasteiger partial charge in [-0.3, -0.25) is 4.79 Å². The molecule has 0 aliphatic carbocycles. The number of carbonyl (C=O) groups excluding carboxylic acids is 1. The zero-order valence-corrected chi connectivity index (χ0v) is 16.0. The summed E-state index contributed by atoms with van der Waals surface area (Å²) in [5.74, 6) is 0.338. The second kappa shape index (κ2) is 7.90. The molecule has 3 rings (SSSR count). The molecular weight excluding hydrogens is 393 g/mol. The maximum atomic E-state index is 12.1. The standard InChI is InChI=1S/C19H15Cl2NO5/c1-10-5-19(24)27-16-8-17(14(21)7-12(10)16)26-9-18(23)22-11-3-4-15(25-2)13(20)6-11/h3-8H,9H2,1-2H3,(H,22,23). The van der Waals surface area contributed by atoms with E-state index in [-0.39, 0.29) is 12.4 Å². The number of ether oxygens (including phenoxy) is 2. The average Bonchev–Trinajstić information content (AvgIpc) is 2.61. The minimum absolute atomic E-state index is 0.237. The van der Waals surface area contributed by atoms with E-state index in [1.807, 2.05) is 0 Å². The van der Waals surface area contributed by atoms with Crippen LogP contribution in [0, 0.1) is 6.92 Å². The van der Waals surface area contributed by atoms with E-state index in [1.54, 1.807) is 31.2 Å². The molecule has 0 fully saturated rings. The van der Waals surface area contributed by atoms with Crippen LogP contribution in [0.1, 0.15) is 5.56 Å². The lowest BCUT2D eigenvalue weighted by molar-refractivity contribution is -0.118. The lowest BCUT2D eigenvalue weighted by Crippen LogP contribution is -2.20. The van der Waals surface area contributed by atoms with Crippen molar-refractivity contribution >= 4 is 45.8 Å². The number of carbonyl (C=O) groups is 1. The molecule has 0 saturated carbocycles. The van der Waals surface area contributed by atoms with Gasteiger partial charge in [0.2, 0.25) is 0 Å². The van der Waals surface area contributed by atoms with Crippen molar-refractivity contribution in [3.8, 4) is 11.5 Å². The molecule has 0 aliphatic rings. The monoisotopic (exact) mass is 407 g/mol. The van der Waals surface area contributed by atoms with Gasteiger partial charge in [0.25, 0.3) is 5.91 Å². The van der Waals surface area contributed by atoms with Gasteiger partial charge in [0.05, 0.1) is 17.2 Å². The predicted molar refractivity (Wildman–Crippen MR) is 104 cm³/mol. The highest BCUT2D eigenvalue weighted by molar-refractivity contribution is 6.33. The second-order valence-corrected chi connectivity index (χ2v) is 6.53. The Balaban J connectivity index is 1.72. The maximum Gasteiger partial charge on any atom is 0.336 e. The van der Waals surface area contributed by atoms with E-state index in [4.69, 9.17) is 37.1 Å².